The van der Waals surface area contributed by atoms with Gasteiger partial charge in [0.2, 0.25) is 0 Å². The number of aryl methyl sites for hydroxylation is 1. The van der Waals surface area contributed by atoms with E-state index in [1.54, 1.807) is 11.3 Å². The van der Waals surface area contributed by atoms with Gasteiger partial charge in [-0.05, 0) is 32.0 Å². The van der Waals surface area contributed by atoms with Crippen molar-refractivity contribution in [1.29, 1.82) is 0 Å². The maximum Gasteiger partial charge on any atom is 0.191 e. The largest absolute Gasteiger partial charge is 0.368 e. The topological polar surface area (TPSA) is 74.2 Å². The van der Waals surface area contributed by atoms with Crippen LogP contribution in [0.1, 0.15) is 17.6 Å². The Balaban J connectivity index is 0.00000280. The summed E-state index contributed by atoms with van der Waals surface area (Å²) >= 11 is 1.68. The molecule has 0 saturated heterocycles. The highest BCUT2D eigenvalue weighted by Crippen LogP contribution is 2.14. The molecule has 0 spiro atoms. The molecule has 0 bridgehead atoms. The highest BCUT2D eigenvalue weighted by molar-refractivity contribution is 14.0. The van der Waals surface area contributed by atoms with Crippen LogP contribution in [0.3, 0.4) is 0 Å². The molecule has 3 N–H and O–H groups in total. The first-order valence-electron chi connectivity index (χ1n) is 9.27. The molecule has 2 heterocycles. The molecular formula is C20H27IN6S. The smallest absolute Gasteiger partial charge is 0.191 e. The Labute approximate surface area is 187 Å². The number of rotatable bonds is 8. The van der Waals surface area contributed by atoms with Gasteiger partial charge in [-0.1, -0.05) is 18.2 Å². The summed E-state index contributed by atoms with van der Waals surface area (Å²) in [5.41, 5.74) is 2.11. The number of benzene rings is 1. The third-order valence-electron chi connectivity index (χ3n) is 3.97. The van der Waals surface area contributed by atoms with Gasteiger partial charge >= 0.3 is 0 Å². The number of halogens is 1. The van der Waals surface area contributed by atoms with Crippen LogP contribution >= 0.6 is 35.3 Å². The molecule has 0 atom stereocenters. The molecule has 2 aromatic heterocycles. The monoisotopic (exact) mass is 510 g/mol. The van der Waals surface area contributed by atoms with Gasteiger partial charge in [-0.3, -0.25) is 4.99 Å². The summed E-state index contributed by atoms with van der Waals surface area (Å²) in [4.78, 5) is 13.7. The number of aromatic nitrogens is 2. The fraction of sp³-hybridized carbons (Fsp3) is 0.350. The first-order valence-corrected chi connectivity index (χ1v) is 10.2. The first kappa shape index (κ1) is 22.4. The Hall–Kier alpha value is -1.94. The molecule has 8 heteroatoms. The first-order chi connectivity index (χ1) is 13.2. The predicted molar refractivity (Wildman–Crippen MR) is 130 cm³/mol. The summed E-state index contributed by atoms with van der Waals surface area (Å²) in [6, 6.07) is 12.2. The molecule has 0 radical (unpaired) electrons. The van der Waals surface area contributed by atoms with Crippen molar-refractivity contribution in [3.63, 3.8) is 0 Å². The number of hydrogen-bond donors (Lipinski definition) is 3. The summed E-state index contributed by atoms with van der Waals surface area (Å²) in [6.07, 6.45) is 0.861. The van der Waals surface area contributed by atoms with Crippen molar-refractivity contribution in [3.8, 4) is 0 Å². The number of nitrogens with zero attached hydrogens (tertiary/aromatic N) is 3. The van der Waals surface area contributed by atoms with Crippen LogP contribution in [-0.4, -0.2) is 42.1 Å². The average molecular weight is 510 g/mol. The van der Waals surface area contributed by atoms with E-state index < -0.39 is 0 Å². The van der Waals surface area contributed by atoms with E-state index in [0.29, 0.717) is 0 Å². The third kappa shape index (κ3) is 6.90. The minimum absolute atomic E-state index is 0. The maximum atomic E-state index is 4.62. The molecule has 0 aliphatic carbocycles. The second-order valence-electron chi connectivity index (χ2n) is 6.11. The van der Waals surface area contributed by atoms with Crippen LogP contribution in [-0.2, 0) is 6.42 Å². The van der Waals surface area contributed by atoms with Gasteiger partial charge in [-0.15, -0.1) is 35.3 Å². The van der Waals surface area contributed by atoms with Gasteiger partial charge < -0.3 is 16.0 Å². The fourth-order valence-corrected chi connectivity index (χ4v) is 3.33. The van der Waals surface area contributed by atoms with Gasteiger partial charge in [0.1, 0.15) is 5.82 Å². The number of nitrogens with one attached hydrogen (secondary N) is 3. The van der Waals surface area contributed by atoms with Crippen LogP contribution in [0.2, 0.25) is 0 Å². The van der Waals surface area contributed by atoms with E-state index in [2.05, 4.69) is 55.3 Å². The Morgan fingerprint density at radius 3 is 2.71 bits per heavy atom. The lowest BCUT2D eigenvalue weighted by Crippen LogP contribution is -2.39. The van der Waals surface area contributed by atoms with Crippen molar-refractivity contribution >= 4 is 58.0 Å². The molecule has 6 nitrogen and oxygen atoms in total. The predicted octanol–water partition coefficient (Wildman–Crippen LogP) is 3.83. The number of hydrogen-bond acceptors (Lipinski definition) is 5. The molecule has 3 aromatic rings. The van der Waals surface area contributed by atoms with E-state index in [0.717, 1.165) is 66.0 Å². The molecule has 0 aliphatic heterocycles. The summed E-state index contributed by atoms with van der Waals surface area (Å²) in [5.74, 6) is 1.72. The molecule has 1 aromatic carbocycles. The van der Waals surface area contributed by atoms with E-state index in [4.69, 9.17) is 0 Å². The number of guanidine groups is 1. The van der Waals surface area contributed by atoms with E-state index in [1.807, 2.05) is 31.2 Å². The van der Waals surface area contributed by atoms with Crippen molar-refractivity contribution in [2.24, 2.45) is 4.99 Å². The number of fused-ring (bicyclic) bond motifs is 1. The lowest BCUT2D eigenvalue weighted by molar-refractivity contribution is 0.811. The molecule has 0 fully saturated rings. The highest BCUT2D eigenvalue weighted by atomic mass is 127. The van der Waals surface area contributed by atoms with Gasteiger partial charge in [0.05, 0.1) is 16.2 Å². The quantitative estimate of drug-likeness (QED) is 0.186. The third-order valence-corrected chi connectivity index (χ3v) is 4.79. The summed E-state index contributed by atoms with van der Waals surface area (Å²) < 4.78 is 0. The summed E-state index contributed by atoms with van der Waals surface area (Å²) in [6.45, 7) is 7.18. The molecule has 3 rings (SSSR count). The van der Waals surface area contributed by atoms with Gasteiger partial charge in [0.25, 0.3) is 0 Å². The van der Waals surface area contributed by atoms with Crippen LogP contribution < -0.4 is 16.0 Å². The molecule has 0 aliphatic rings. The van der Waals surface area contributed by atoms with Crippen LogP contribution in [0.4, 0.5) is 5.82 Å². The van der Waals surface area contributed by atoms with Crippen molar-refractivity contribution in [3.05, 3.63) is 52.5 Å². The summed E-state index contributed by atoms with van der Waals surface area (Å²) in [7, 11) is 0. The second kappa shape index (κ2) is 11.8. The van der Waals surface area contributed by atoms with Gasteiger partial charge in [-0.2, -0.15) is 0 Å². The van der Waals surface area contributed by atoms with Gasteiger partial charge in [0, 0.05) is 43.4 Å². The van der Waals surface area contributed by atoms with Crippen molar-refractivity contribution in [1.82, 2.24) is 20.6 Å². The Bertz CT molecular complexity index is 895. The molecule has 0 saturated carbocycles. The average Bonchev–Trinajstić information content (AvgIpc) is 3.10. The standard InChI is InChI=1S/C20H26N6S.HI/c1-3-21-20(23-11-10-17-14-27-15(2)25-17)24-13-12-22-19-9-8-16-6-4-5-7-18(16)26-19;/h4-9,14H,3,10-13H2,1-2H3,(H,22,26)(H2,21,23,24);1H. The van der Waals surface area contributed by atoms with E-state index >= 15 is 0 Å². The number of pyridine rings is 1. The summed E-state index contributed by atoms with van der Waals surface area (Å²) in [5, 5.41) is 14.3. The molecule has 28 heavy (non-hydrogen) atoms. The maximum absolute atomic E-state index is 4.62. The molecule has 150 valence electrons. The second-order valence-corrected chi connectivity index (χ2v) is 7.17. The molecule has 0 amide bonds. The van der Waals surface area contributed by atoms with Crippen LogP contribution in [0.25, 0.3) is 10.9 Å². The number of para-hydroxylation sites is 1. The minimum atomic E-state index is 0. The van der Waals surface area contributed by atoms with Crippen molar-refractivity contribution < 1.29 is 0 Å². The van der Waals surface area contributed by atoms with Gasteiger partial charge in [-0.25, -0.2) is 9.97 Å². The SMILES string of the molecule is CCNC(=NCCc1csc(C)n1)NCCNc1ccc2ccccc2n1.I. The zero-order chi connectivity index (χ0) is 18.9. The van der Waals surface area contributed by atoms with Crippen LogP contribution in [0.5, 0.6) is 0 Å². The van der Waals surface area contributed by atoms with Crippen LogP contribution in [0.15, 0.2) is 46.8 Å². The lowest BCUT2D eigenvalue weighted by atomic mass is 10.2. The Kier molecular flexibility index (Phi) is 9.42. The highest BCUT2D eigenvalue weighted by Gasteiger charge is 2.01. The Morgan fingerprint density at radius 1 is 1.07 bits per heavy atom. The fourth-order valence-electron chi connectivity index (χ4n) is 2.68. The van der Waals surface area contributed by atoms with Crippen LogP contribution in [0, 0.1) is 6.92 Å². The Morgan fingerprint density at radius 2 is 1.93 bits per heavy atom. The number of anilines is 1. The zero-order valence-corrected chi connectivity index (χ0v) is 19.4. The van der Waals surface area contributed by atoms with Crippen molar-refractivity contribution in [2.75, 3.05) is 31.5 Å². The molecule has 0 unspecified atom stereocenters. The minimum Gasteiger partial charge on any atom is -0.368 e. The number of thiazole rings is 1. The number of aliphatic imine (C=N–C) groups is 1. The normalized spacial score (nSPS) is 11.1. The van der Waals surface area contributed by atoms with E-state index in [1.165, 1.54) is 0 Å². The van der Waals surface area contributed by atoms with E-state index in [9.17, 15) is 0 Å². The molecular weight excluding hydrogens is 483 g/mol. The van der Waals surface area contributed by atoms with Gasteiger partial charge in [0.15, 0.2) is 5.96 Å². The lowest BCUT2D eigenvalue weighted by Gasteiger charge is -2.12. The van der Waals surface area contributed by atoms with E-state index in [-0.39, 0.29) is 24.0 Å². The van der Waals surface area contributed by atoms with Crippen molar-refractivity contribution in [2.45, 2.75) is 20.3 Å². The zero-order valence-electron chi connectivity index (χ0n) is 16.2.